The number of carbonyl (C=O) groups excluding carboxylic acids is 2. The molecule has 1 fully saturated rings. The maximum atomic E-state index is 13.2. The molecule has 0 bridgehead atoms. The van der Waals surface area contributed by atoms with Gasteiger partial charge in [0.05, 0.1) is 19.0 Å². The van der Waals surface area contributed by atoms with Gasteiger partial charge in [-0.2, -0.15) is 0 Å². The number of benzene rings is 2. The molecule has 27 heavy (non-hydrogen) atoms. The van der Waals surface area contributed by atoms with Crippen LogP contribution in [0.4, 0.5) is 5.69 Å². The summed E-state index contributed by atoms with van der Waals surface area (Å²) in [5.74, 6) is -0.276. The van der Waals surface area contributed by atoms with Crippen molar-refractivity contribution >= 4 is 17.5 Å². The number of hydroxylamine groups is 1. The van der Waals surface area contributed by atoms with Gasteiger partial charge in [-0.1, -0.05) is 42.5 Å². The summed E-state index contributed by atoms with van der Waals surface area (Å²) in [6, 6.07) is 15.7. The van der Waals surface area contributed by atoms with E-state index in [0.717, 1.165) is 42.7 Å². The molecule has 0 aliphatic carbocycles. The van der Waals surface area contributed by atoms with Gasteiger partial charge < -0.3 is 4.90 Å². The number of carbonyl (C=O) groups is 2. The van der Waals surface area contributed by atoms with Crippen LogP contribution >= 0.6 is 0 Å². The lowest BCUT2D eigenvalue weighted by Crippen LogP contribution is -2.42. The van der Waals surface area contributed by atoms with Crippen LogP contribution in [-0.2, 0) is 29.1 Å². The first kappa shape index (κ1) is 17.7. The summed E-state index contributed by atoms with van der Waals surface area (Å²) in [6.45, 7) is 2.30. The van der Waals surface area contributed by atoms with E-state index in [0.29, 0.717) is 6.54 Å². The fraction of sp³-hybridized carbons (Fsp3) is 0.333. The summed E-state index contributed by atoms with van der Waals surface area (Å²) in [7, 11) is 0. The van der Waals surface area contributed by atoms with E-state index in [9.17, 15) is 9.59 Å². The van der Waals surface area contributed by atoms with Crippen molar-refractivity contribution in [3.05, 3.63) is 65.2 Å². The second kappa shape index (κ2) is 7.50. The van der Waals surface area contributed by atoms with Gasteiger partial charge in [0.15, 0.2) is 0 Å². The molecular formula is C21H23N3O3. The van der Waals surface area contributed by atoms with Gasteiger partial charge in [-0.05, 0) is 42.1 Å². The Morgan fingerprint density at radius 2 is 1.85 bits per heavy atom. The van der Waals surface area contributed by atoms with Crippen LogP contribution in [0.2, 0.25) is 0 Å². The molecule has 0 saturated carbocycles. The molecule has 2 N–H and O–H groups in total. The molecule has 0 aromatic heterocycles. The van der Waals surface area contributed by atoms with Crippen molar-refractivity contribution in [2.24, 2.45) is 0 Å². The van der Waals surface area contributed by atoms with E-state index in [1.807, 2.05) is 47.4 Å². The highest BCUT2D eigenvalue weighted by molar-refractivity contribution is 5.98. The molecular weight excluding hydrogens is 342 g/mol. The molecule has 140 valence electrons. The lowest BCUT2D eigenvalue weighted by atomic mass is 10.1. The molecule has 0 spiro atoms. The van der Waals surface area contributed by atoms with Gasteiger partial charge >= 0.3 is 0 Å². The minimum atomic E-state index is -0.444. The number of anilines is 1. The van der Waals surface area contributed by atoms with Gasteiger partial charge in [-0.15, -0.1) is 0 Å². The zero-order valence-corrected chi connectivity index (χ0v) is 15.1. The second-order valence-electron chi connectivity index (χ2n) is 7.21. The van der Waals surface area contributed by atoms with Crippen LogP contribution in [0.3, 0.4) is 0 Å². The van der Waals surface area contributed by atoms with Crippen molar-refractivity contribution in [2.45, 2.75) is 38.4 Å². The Morgan fingerprint density at radius 3 is 2.63 bits per heavy atom. The number of para-hydroxylation sites is 1. The number of nitrogens with one attached hydrogen (secondary N) is 1. The van der Waals surface area contributed by atoms with E-state index in [-0.39, 0.29) is 18.4 Å². The van der Waals surface area contributed by atoms with Crippen molar-refractivity contribution in [3.8, 4) is 0 Å². The molecule has 6 heteroatoms. The molecule has 2 aliphatic heterocycles. The third-order valence-corrected chi connectivity index (χ3v) is 5.42. The van der Waals surface area contributed by atoms with Crippen LogP contribution in [0.5, 0.6) is 0 Å². The second-order valence-corrected chi connectivity index (χ2v) is 7.21. The number of hydrogen-bond donors (Lipinski definition) is 2. The number of fused-ring (bicyclic) bond motifs is 2. The topological polar surface area (TPSA) is 72.9 Å². The molecule has 0 unspecified atom stereocenters. The Morgan fingerprint density at radius 1 is 1.11 bits per heavy atom. The minimum Gasteiger partial charge on any atom is -0.306 e. The summed E-state index contributed by atoms with van der Waals surface area (Å²) >= 11 is 0. The monoisotopic (exact) mass is 365 g/mol. The average molecular weight is 365 g/mol. The van der Waals surface area contributed by atoms with E-state index in [1.165, 1.54) is 5.56 Å². The first-order valence-corrected chi connectivity index (χ1v) is 9.30. The number of nitrogens with zero attached hydrogens (tertiary/aromatic N) is 2. The molecule has 2 amide bonds. The van der Waals surface area contributed by atoms with E-state index >= 15 is 0 Å². The number of amides is 2. The Balaban J connectivity index is 1.60. The van der Waals surface area contributed by atoms with Gasteiger partial charge in [0.25, 0.3) is 0 Å². The van der Waals surface area contributed by atoms with Crippen LogP contribution in [0.25, 0.3) is 0 Å². The molecule has 0 radical (unpaired) electrons. The molecule has 2 aromatic rings. The SMILES string of the molecule is O=C(Cc1ccc(CN2C(=O)[C@@H]3CCCN3Cc3ccccc32)cc1)NO. The third kappa shape index (κ3) is 3.59. The highest BCUT2D eigenvalue weighted by atomic mass is 16.5. The Hall–Kier alpha value is -2.70. The van der Waals surface area contributed by atoms with Crippen LogP contribution in [0.15, 0.2) is 48.5 Å². The molecule has 4 rings (SSSR count). The van der Waals surface area contributed by atoms with E-state index < -0.39 is 5.91 Å². The van der Waals surface area contributed by atoms with E-state index in [1.54, 1.807) is 5.48 Å². The molecule has 6 nitrogen and oxygen atoms in total. The van der Waals surface area contributed by atoms with Gasteiger partial charge in [0.1, 0.15) is 0 Å². The first-order valence-electron chi connectivity index (χ1n) is 9.30. The van der Waals surface area contributed by atoms with E-state index in [4.69, 9.17) is 5.21 Å². The molecule has 1 atom stereocenters. The van der Waals surface area contributed by atoms with Crippen LogP contribution in [-0.4, -0.2) is 34.5 Å². The lowest BCUT2D eigenvalue weighted by molar-refractivity contribution is -0.128. The zero-order chi connectivity index (χ0) is 18.8. The fourth-order valence-electron chi connectivity index (χ4n) is 4.05. The molecule has 2 aliphatic rings. The van der Waals surface area contributed by atoms with Gasteiger partial charge in [0.2, 0.25) is 11.8 Å². The minimum absolute atomic E-state index is 0.0371. The fourth-order valence-corrected chi connectivity index (χ4v) is 4.05. The largest absolute Gasteiger partial charge is 0.306 e. The molecule has 2 heterocycles. The predicted octanol–water partition coefficient (Wildman–Crippen LogP) is 2.25. The maximum absolute atomic E-state index is 13.2. The number of rotatable bonds is 4. The summed E-state index contributed by atoms with van der Waals surface area (Å²) in [5.41, 5.74) is 5.64. The van der Waals surface area contributed by atoms with Crippen molar-refractivity contribution in [1.29, 1.82) is 0 Å². The predicted molar refractivity (Wildman–Crippen MR) is 101 cm³/mol. The average Bonchev–Trinajstić information content (AvgIpc) is 3.12. The first-order chi connectivity index (χ1) is 13.2. The van der Waals surface area contributed by atoms with Crippen molar-refractivity contribution in [3.63, 3.8) is 0 Å². The quantitative estimate of drug-likeness (QED) is 0.644. The summed E-state index contributed by atoms with van der Waals surface area (Å²) in [5, 5.41) is 8.64. The zero-order valence-electron chi connectivity index (χ0n) is 15.1. The maximum Gasteiger partial charge on any atom is 0.247 e. The third-order valence-electron chi connectivity index (χ3n) is 5.42. The normalized spacial score (nSPS) is 19.4. The van der Waals surface area contributed by atoms with Crippen LogP contribution < -0.4 is 10.4 Å². The van der Waals surface area contributed by atoms with Gasteiger partial charge in [-0.25, -0.2) is 5.48 Å². The van der Waals surface area contributed by atoms with Gasteiger partial charge in [0, 0.05) is 12.2 Å². The van der Waals surface area contributed by atoms with E-state index in [2.05, 4.69) is 11.0 Å². The Kier molecular flexibility index (Phi) is 4.92. The summed E-state index contributed by atoms with van der Waals surface area (Å²) < 4.78 is 0. The Labute approximate surface area is 158 Å². The number of hydrogen-bond acceptors (Lipinski definition) is 4. The van der Waals surface area contributed by atoms with Crippen LogP contribution in [0, 0.1) is 0 Å². The lowest BCUT2D eigenvalue weighted by Gasteiger charge is -2.26. The van der Waals surface area contributed by atoms with Crippen molar-refractivity contribution < 1.29 is 14.8 Å². The van der Waals surface area contributed by atoms with Crippen molar-refractivity contribution in [1.82, 2.24) is 10.4 Å². The van der Waals surface area contributed by atoms with Crippen molar-refractivity contribution in [2.75, 3.05) is 11.4 Å². The molecule has 2 aromatic carbocycles. The van der Waals surface area contributed by atoms with Crippen LogP contribution in [0.1, 0.15) is 29.5 Å². The molecule has 1 saturated heterocycles. The smallest absolute Gasteiger partial charge is 0.247 e. The highest BCUT2D eigenvalue weighted by Gasteiger charge is 2.37. The standard InChI is InChI=1S/C21H23N3O3/c25-20(22-27)12-15-7-9-16(10-8-15)13-24-18-5-2-1-4-17(18)14-23-11-3-6-19(23)21(24)26/h1-2,4-5,7-10,19,27H,3,6,11-14H2,(H,22,25)/t19-/m0/s1. The summed E-state index contributed by atoms with van der Waals surface area (Å²) in [6.07, 6.45) is 2.10. The summed E-state index contributed by atoms with van der Waals surface area (Å²) in [4.78, 5) is 28.7. The Bertz CT molecular complexity index is 850. The highest BCUT2D eigenvalue weighted by Crippen LogP contribution is 2.33. The van der Waals surface area contributed by atoms with Gasteiger partial charge in [-0.3, -0.25) is 19.7 Å².